The first-order chi connectivity index (χ1) is 9.75. The van der Waals surface area contributed by atoms with Gasteiger partial charge in [0.15, 0.2) is 0 Å². The number of nitrogens with two attached hydrogens (primary N) is 1. The molecule has 0 unspecified atom stereocenters. The Labute approximate surface area is 135 Å². The van der Waals surface area contributed by atoms with Crippen LogP contribution in [0.5, 0.6) is 0 Å². The molecular formula is C12H10Cl2N2O3S2. The van der Waals surface area contributed by atoms with Crippen molar-refractivity contribution in [2.24, 2.45) is 5.14 Å². The topological polar surface area (TPSA) is 89.3 Å². The van der Waals surface area contributed by atoms with Crippen molar-refractivity contribution in [3.63, 3.8) is 0 Å². The van der Waals surface area contributed by atoms with Crippen LogP contribution in [0.25, 0.3) is 0 Å². The first-order valence-electron chi connectivity index (χ1n) is 5.62. The first-order valence-corrected chi connectivity index (χ1v) is 8.74. The summed E-state index contributed by atoms with van der Waals surface area (Å²) in [5, 5.41) is 8.39. The molecule has 1 aromatic heterocycles. The molecule has 0 aliphatic carbocycles. The van der Waals surface area contributed by atoms with Crippen LogP contribution in [0.3, 0.4) is 0 Å². The van der Waals surface area contributed by atoms with Crippen LogP contribution in [0, 0.1) is 0 Å². The maximum Gasteiger partial charge on any atom is 0.247 e. The second-order valence-electron chi connectivity index (χ2n) is 4.12. The lowest BCUT2D eigenvalue weighted by atomic mass is 10.3. The largest absolute Gasteiger partial charge is 0.326 e. The first kappa shape index (κ1) is 16.3. The van der Waals surface area contributed by atoms with E-state index < -0.39 is 10.0 Å². The lowest BCUT2D eigenvalue weighted by molar-refractivity contribution is -0.115. The average molecular weight is 365 g/mol. The Bertz CT molecular complexity index is 788. The molecule has 0 atom stereocenters. The smallest absolute Gasteiger partial charge is 0.247 e. The zero-order valence-corrected chi connectivity index (χ0v) is 13.6. The predicted octanol–water partition coefficient (Wildman–Crippen LogP) is 2.88. The number of amides is 1. The van der Waals surface area contributed by atoms with Crippen molar-refractivity contribution in [3.05, 3.63) is 45.3 Å². The van der Waals surface area contributed by atoms with Crippen LogP contribution < -0.4 is 10.5 Å². The fourth-order valence-corrected chi connectivity index (χ4v) is 3.62. The molecule has 1 heterocycles. The lowest BCUT2D eigenvalue weighted by Gasteiger charge is -2.05. The van der Waals surface area contributed by atoms with Gasteiger partial charge in [-0.25, -0.2) is 13.6 Å². The number of anilines is 1. The van der Waals surface area contributed by atoms with Gasteiger partial charge in [-0.1, -0.05) is 23.2 Å². The number of carbonyl (C=O) groups is 1. The van der Waals surface area contributed by atoms with E-state index in [1.165, 1.54) is 12.1 Å². The van der Waals surface area contributed by atoms with Crippen LogP contribution >= 0.6 is 34.5 Å². The number of nitrogens with one attached hydrogen (secondary N) is 1. The van der Waals surface area contributed by atoms with Crippen molar-refractivity contribution in [3.8, 4) is 0 Å². The molecule has 21 heavy (non-hydrogen) atoms. The second-order valence-corrected chi connectivity index (χ2v) is 7.89. The second kappa shape index (κ2) is 6.33. The summed E-state index contributed by atoms with van der Waals surface area (Å²) in [5.74, 6) is -0.295. The Morgan fingerprint density at radius 2 is 1.90 bits per heavy atom. The normalized spacial score (nSPS) is 11.4. The van der Waals surface area contributed by atoms with Gasteiger partial charge in [0, 0.05) is 10.6 Å². The quantitative estimate of drug-likeness (QED) is 0.873. The molecule has 0 spiro atoms. The van der Waals surface area contributed by atoms with E-state index in [9.17, 15) is 13.2 Å². The summed E-state index contributed by atoms with van der Waals surface area (Å²) in [5.41, 5.74) is 0.512. The number of carbonyl (C=O) groups excluding carboxylic acids is 1. The van der Waals surface area contributed by atoms with Crippen LogP contribution in [-0.2, 0) is 21.2 Å². The SMILES string of the molecule is NS(=O)(=O)c1ccc(CC(=O)Nc2ccc(Cl)c(Cl)c2)s1. The number of thiophene rings is 1. The van der Waals surface area contributed by atoms with Crippen LogP contribution in [0.2, 0.25) is 10.0 Å². The maximum absolute atomic E-state index is 11.9. The van der Waals surface area contributed by atoms with E-state index in [2.05, 4.69) is 5.32 Å². The third-order valence-electron chi connectivity index (χ3n) is 2.46. The highest BCUT2D eigenvalue weighted by Gasteiger charge is 2.13. The molecule has 9 heteroatoms. The number of hydrogen-bond donors (Lipinski definition) is 2. The molecule has 0 aliphatic heterocycles. The number of benzene rings is 1. The summed E-state index contributed by atoms with van der Waals surface area (Å²) in [6.07, 6.45) is 0.0421. The molecule has 0 saturated carbocycles. The minimum absolute atomic E-state index is 0.0276. The van der Waals surface area contributed by atoms with Gasteiger partial charge in [-0.15, -0.1) is 11.3 Å². The van der Waals surface area contributed by atoms with Crippen molar-refractivity contribution >= 4 is 56.2 Å². The molecule has 2 rings (SSSR count). The highest BCUT2D eigenvalue weighted by atomic mass is 35.5. The van der Waals surface area contributed by atoms with Crippen molar-refractivity contribution in [1.82, 2.24) is 0 Å². The highest BCUT2D eigenvalue weighted by Crippen LogP contribution is 2.25. The highest BCUT2D eigenvalue weighted by molar-refractivity contribution is 7.91. The van der Waals surface area contributed by atoms with Crippen LogP contribution in [-0.4, -0.2) is 14.3 Å². The van der Waals surface area contributed by atoms with Gasteiger partial charge in [-0.3, -0.25) is 4.79 Å². The molecule has 0 bridgehead atoms. The monoisotopic (exact) mass is 364 g/mol. The van der Waals surface area contributed by atoms with Gasteiger partial charge in [-0.2, -0.15) is 0 Å². The minimum Gasteiger partial charge on any atom is -0.326 e. The molecule has 0 saturated heterocycles. The van der Waals surface area contributed by atoms with Gasteiger partial charge in [0.2, 0.25) is 15.9 Å². The summed E-state index contributed by atoms with van der Waals surface area (Å²) in [4.78, 5) is 12.5. The number of sulfonamides is 1. The maximum atomic E-state index is 11.9. The van der Waals surface area contributed by atoms with Gasteiger partial charge in [0.05, 0.1) is 16.5 Å². The van der Waals surface area contributed by atoms with Crippen LogP contribution in [0.1, 0.15) is 4.88 Å². The molecule has 1 amide bonds. The Kier molecular flexibility index (Phi) is 4.90. The van der Waals surface area contributed by atoms with Gasteiger partial charge < -0.3 is 5.32 Å². The number of rotatable bonds is 4. The Morgan fingerprint density at radius 1 is 1.19 bits per heavy atom. The number of primary sulfonamides is 1. The summed E-state index contributed by atoms with van der Waals surface area (Å²) in [6, 6.07) is 7.66. The van der Waals surface area contributed by atoms with Crippen LogP contribution in [0.4, 0.5) is 5.69 Å². The molecule has 112 valence electrons. The van der Waals surface area contributed by atoms with E-state index in [-0.39, 0.29) is 16.5 Å². The van der Waals surface area contributed by atoms with Gasteiger partial charge in [-0.05, 0) is 30.3 Å². The number of halogens is 2. The zero-order valence-electron chi connectivity index (χ0n) is 10.5. The Balaban J connectivity index is 2.05. The van der Waals surface area contributed by atoms with E-state index >= 15 is 0 Å². The molecule has 5 nitrogen and oxygen atoms in total. The predicted molar refractivity (Wildman–Crippen MR) is 84.5 cm³/mol. The zero-order chi connectivity index (χ0) is 15.6. The van der Waals surface area contributed by atoms with E-state index in [1.807, 2.05) is 0 Å². The Morgan fingerprint density at radius 3 is 2.48 bits per heavy atom. The van der Waals surface area contributed by atoms with Crippen molar-refractivity contribution in [1.29, 1.82) is 0 Å². The molecular weight excluding hydrogens is 355 g/mol. The summed E-state index contributed by atoms with van der Waals surface area (Å²) in [7, 11) is -3.73. The molecule has 0 radical (unpaired) electrons. The van der Waals surface area contributed by atoms with Crippen molar-refractivity contribution < 1.29 is 13.2 Å². The number of hydrogen-bond acceptors (Lipinski definition) is 4. The van der Waals surface area contributed by atoms with Crippen LogP contribution in [0.15, 0.2) is 34.5 Å². The lowest BCUT2D eigenvalue weighted by Crippen LogP contribution is -2.13. The third kappa shape index (κ3) is 4.42. The molecule has 3 N–H and O–H groups in total. The van der Waals surface area contributed by atoms with Gasteiger partial charge in [0.1, 0.15) is 4.21 Å². The minimum atomic E-state index is -3.73. The molecule has 1 aromatic carbocycles. The van der Waals surface area contributed by atoms with E-state index in [0.29, 0.717) is 20.6 Å². The fourth-order valence-electron chi connectivity index (χ4n) is 1.54. The van der Waals surface area contributed by atoms with Gasteiger partial charge in [0.25, 0.3) is 0 Å². The van der Waals surface area contributed by atoms with E-state index in [1.54, 1.807) is 18.2 Å². The standard InChI is InChI=1S/C12H10Cl2N2O3S2/c13-9-3-1-7(5-10(9)14)16-11(17)6-8-2-4-12(20-8)21(15,18)19/h1-5H,6H2,(H,16,17)(H2,15,18,19). The third-order valence-corrected chi connectivity index (χ3v) is 5.72. The Hall–Kier alpha value is -1.12. The molecule has 0 aliphatic rings. The fraction of sp³-hybridized carbons (Fsp3) is 0.0833. The summed E-state index contributed by atoms with van der Waals surface area (Å²) in [6.45, 7) is 0. The van der Waals surface area contributed by atoms with Crippen molar-refractivity contribution in [2.45, 2.75) is 10.6 Å². The summed E-state index contributed by atoms with van der Waals surface area (Å²) < 4.78 is 22.3. The average Bonchev–Trinajstić information content (AvgIpc) is 2.82. The molecule has 2 aromatic rings. The summed E-state index contributed by atoms with van der Waals surface area (Å²) >= 11 is 12.6. The van der Waals surface area contributed by atoms with E-state index in [0.717, 1.165) is 11.3 Å². The van der Waals surface area contributed by atoms with E-state index in [4.69, 9.17) is 28.3 Å². The van der Waals surface area contributed by atoms with Crippen molar-refractivity contribution in [2.75, 3.05) is 5.32 Å². The van der Waals surface area contributed by atoms with Gasteiger partial charge >= 0.3 is 0 Å². The molecule has 0 fully saturated rings.